The average molecular weight is 192 g/mol. The van der Waals surface area contributed by atoms with Crippen LogP contribution in [0.5, 0.6) is 0 Å². The Balaban J connectivity index is 2.98. The number of hydrogen-bond acceptors (Lipinski definition) is 3. The van der Waals surface area contributed by atoms with E-state index in [-0.39, 0.29) is 0 Å². The molecule has 62 valence electrons. The van der Waals surface area contributed by atoms with Crippen molar-refractivity contribution in [1.29, 1.82) is 0 Å². The third kappa shape index (κ3) is 1.67. The van der Waals surface area contributed by atoms with Crippen molar-refractivity contribution >= 4 is 28.6 Å². The van der Waals surface area contributed by atoms with E-state index in [1.54, 1.807) is 7.11 Å². The lowest BCUT2D eigenvalue weighted by atomic mass is 10.2. The average Bonchev–Trinajstić information content (AvgIpc) is 2.19. The molecule has 1 rings (SSSR count). The fraction of sp³-hybridized carbons (Fsp3) is 0.429. The van der Waals surface area contributed by atoms with Crippen LogP contribution in [0.2, 0.25) is 4.34 Å². The van der Waals surface area contributed by atoms with Crippen LogP contribution in [0.1, 0.15) is 10.4 Å². The van der Waals surface area contributed by atoms with Gasteiger partial charge in [0.25, 0.3) is 0 Å². The number of halogens is 1. The van der Waals surface area contributed by atoms with Gasteiger partial charge in [0.15, 0.2) is 0 Å². The first-order valence-electron chi connectivity index (χ1n) is 3.19. The Bertz CT molecular complexity index is 259. The van der Waals surface area contributed by atoms with Gasteiger partial charge in [0, 0.05) is 12.0 Å². The first-order chi connectivity index (χ1) is 5.16. The van der Waals surface area contributed by atoms with Gasteiger partial charge in [-0.15, -0.1) is 11.3 Å². The highest BCUT2D eigenvalue weighted by Crippen LogP contribution is 2.34. The maximum atomic E-state index is 5.81. The summed E-state index contributed by atoms with van der Waals surface area (Å²) in [7, 11) is 1.66. The summed E-state index contributed by atoms with van der Waals surface area (Å²) in [6, 6.07) is 0. The minimum atomic E-state index is 0.591. The van der Waals surface area contributed by atoms with Gasteiger partial charge in [0.1, 0.15) is 4.34 Å². The fourth-order valence-electron chi connectivity index (χ4n) is 0.806. The molecule has 0 radical (unpaired) electrons. The van der Waals surface area contributed by atoms with Crippen molar-refractivity contribution in [2.45, 2.75) is 13.5 Å². The number of thiophene rings is 1. The van der Waals surface area contributed by atoms with Crippen LogP contribution in [0, 0.1) is 6.92 Å². The zero-order valence-electron chi connectivity index (χ0n) is 6.48. The van der Waals surface area contributed by atoms with Crippen molar-refractivity contribution in [2.24, 2.45) is 0 Å². The Morgan fingerprint density at radius 3 is 2.64 bits per heavy atom. The second kappa shape index (κ2) is 3.43. The molecular weight excluding hydrogens is 182 g/mol. The van der Waals surface area contributed by atoms with Crippen LogP contribution in [-0.4, -0.2) is 7.11 Å². The zero-order chi connectivity index (χ0) is 8.43. The van der Waals surface area contributed by atoms with Crippen LogP contribution in [-0.2, 0) is 11.3 Å². The predicted molar refractivity (Wildman–Crippen MR) is 49.2 cm³/mol. The normalized spacial score (nSPS) is 10.5. The summed E-state index contributed by atoms with van der Waals surface area (Å²) < 4.78 is 5.63. The van der Waals surface area contributed by atoms with Crippen molar-refractivity contribution in [2.75, 3.05) is 12.8 Å². The van der Waals surface area contributed by atoms with Gasteiger partial charge < -0.3 is 10.5 Å². The smallest absolute Gasteiger partial charge is 0.116 e. The Morgan fingerprint density at radius 1 is 1.64 bits per heavy atom. The molecule has 0 unspecified atom stereocenters. The number of anilines is 1. The largest absolute Gasteiger partial charge is 0.397 e. The lowest BCUT2D eigenvalue weighted by Crippen LogP contribution is -1.89. The van der Waals surface area contributed by atoms with Gasteiger partial charge in [0.05, 0.1) is 12.3 Å². The molecule has 0 bridgehead atoms. The number of nitrogen functional groups attached to an aromatic ring is 1. The molecule has 0 amide bonds. The molecule has 0 saturated carbocycles. The molecule has 0 spiro atoms. The van der Waals surface area contributed by atoms with E-state index in [4.69, 9.17) is 22.1 Å². The molecule has 0 saturated heterocycles. The van der Waals surface area contributed by atoms with Crippen molar-refractivity contribution in [3.8, 4) is 0 Å². The molecule has 0 aliphatic rings. The topological polar surface area (TPSA) is 35.2 Å². The molecule has 1 aromatic heterocycles. The lowest BCUT2D eigenvalue weighted by molar-refractivity contribution is 0.187. The molecule has 4 heteroatoms. The molecule has 2 N–H and O–H groups in total. The van der Waals surface area contributed by atoms with Gasteiger partial charge >= 0.3 is 0 Å². The fourth-order valence-corrected chi connectivity index (χ4v) is 2.15. The third-order valence-corrected chi connectivity index (χ3v) is 3.03. The minimum Gasteiger partial charge on any atom is -0.397 e. The van der Waals surface area contributed by atoms with Gasteiger partial charge in [-0.3, -0.25) is 0 Å². The molecule has 0 aliphatic heterocycles. The summed E-state index contributed by atoms with van der Waals surface area (Å²) in [5.74, 6) is 0. The highest BCUT2D eigenvalue weighted by molar-refractivity contribution is 7.17. The summed E-state index contributed by atoms with van der Waals surface area (Å²) in [6.45, 7) is 2.54. The summed E-state index contributed by atoms with van der Waals surface area (Å²) >= 11 is 7.29. The predicted octanol–water partition coefficient (Wildman–Crippen LogP) is 2.44. The van der Waals surface area contributed by atoms with Crippen LogP contribution >= 0.6 is 22.9 Å². The van der Waals surface area contributed by atoms with Crippen molar-refractivity contribution in [3.05, 3.63) is 14.8 Å². The van der Waals surface area contributed by atoms with Crippen LogP contribution in [0.4, 0.5) is 5.69 Å². The van der Waals surface area contributed by atoms with Crippen molar-refractivity contribution in [3.63, 3.8) is 0 Å². The Morgan fingerprint density at radius 2 is 2.27 bits per heavy atom. The van der Waals surface area contributed by atoms with Crippen LogP contribution < -0.4 is 5.73 Å². The summed E-state index contributed by atoms with van der Waals surface area (Å²) in [4.78, 5) is 1.11. The summed E-state index contributed by atoms with van der Waals surface area (Å²) in [6.07, 6.45) is 0. The molecule has 0 aliphatic carbocycles. The standard InChI is InChI=1S/C7H10ClNOS/c1-4-5(3-10-2)11-7(8)6(4)9/h3,9H2,1-2H3. The zero-order valence-corrected chi connectivity index (χ0v) is 8.05. The van der Waals surface area contributed by atoms with Crippen LogP contribution in [0.25, 0.3) is 0 Å². The van der Waals surface area contributed by atoms with E-state index in [0.29, 0.717) is 16.6 Å². The SMILES string of the molecule is COCc1sc(Cl)c(N)c1C. The first kappa shape index (κ1) is 8.84. The molecule has 1 heterocycles. The van der Waals surface area contributed by atoms with Crippen molar-refractivity contribution in [1.82, 2.24) is 0 Å². The van der Waals surface area contributed by atoms with E-state index in [1.165, 1.54) is 11.3 Å². The number of nitrogens with two attached hydrogens (primary N) is 1. The second-order valence-electron chi connectivity index (χ2n) is 2.27. The van der Waals surface area contributed by atoms with Crippen LogP contribution in [0.3, 0.4) is 0 Å². The van der Waals surface area contributed by atoms with E-state index in [0.717, 1.165) is 10.4 Å². The Labute approximate surface area is 74.9 Å². The number of hydrogen-bond donors (Lipinski definition) is 1. The molecule has 1 aromatic rings. The monoisotopic (exact) mass is 191 g/mol. The number of methoxy groups -OCH3 is 1. The van der Waals surface area contributed by atoms with Gasteiger partial charge in [-0.1, -0.05) is 11.6 Å². The molecule has 0 fully saturated rings. The van der Waals surface area contributed by atoms with Crippen LogP contribution in [0.15, 0.2) is 0 Å². The highest BCUT2D eigenvalue weighted by Gasteiger charge is 2.09. The van der Waals surface area contributed by atoms with Gasteiger partial charge in [-0.25, -0.2) is 0 Å². The van der Waals surface area contributed by atoms with Gasteiger partial charge in [0.2, 0.25) is 0 Å². The maximum Gasteiger partial charge on any atom is 0.116 e. The maximum absolute atomic E-state index is 5.81. The summed E-state index contributed by atoms with van der Waals surface area (Å²) in [5.41, 5.74) is 7.38. The van der Waals surface area contributed by atoms with E-state index < -0.39 is 0 Å². The lowest BCUT2D eigenvalue weighted by Gasteiger charge is -1.95. The third-order valence-electron chi connectivity index (χ3n) is 1.52. The minimum absolute atomic E-state index is 0.591. The molecule has 0 atom stereocenters. The molecule has 2 nitrogen and oxygen atoms in total. The van der Waals surface area contributed by atoms with Gasteiger partial charge in [-0.2, -0.15) is 0 Å². The number of ether oxygens (including phenoxy) is 1. The van der Waals surface area contributed by atoms with Crippen molar-refractivity contribution < 1.29 is 4.74 Å². The van der Waals surface area contributed by atoms with E-state index >= 15 is 0 Å². The Kier molecular flexibility index (Phi) is 2.76. The highest BCUT2D eigenvalue weighted by atomic mass is 35.5. The van der Waals surface area contributed by atoms with Gasteiger partial charge in [-0.05, 0) is 12.5 Å². The molecule has 11 heavy (non-hydrogen) atoms. The molecular formula is C7H10ClNOS. The van der Waals surface area contributed by atoms with E-state index in [2.05, 4.69) is 0 Å². The Hall–Kier alpha value is -0.250. The summed E-state index contributed by atoms with van der Waals surface area (Å²) in [5, 5.41) is 0. The first-order valence-corrected chi connectivity index (χ1v) is 4.38. The van der Waals surface area contributed by atoms with E-state index in [1.807, 2.05) is 6.92 Å². The quantitative estimate of drug-likeness (QED) is 0.780. The second-order valence-corrected chi connectivity index (χ2v) is 3.98. The van der Waals surface area contributed by atoms with E-state index in [9.17, 15) is 0 Å². The molecule has 0 aromatic carbocycles. The number of rotatable bonds is 2.